The summed E-state index contributed by atoms with van der Waals surface area (Å²) in [5.41, 5.74) is 5.70. The summed E-state index contributed by atoms with van der Waals surface area (Å²) in [6, 6.07) is 8.18. The van der Waals surface area contributed by atoms with Gasteiger partial charge in [0.15, 0.2) is 0 Å². The van der Waals surface area contributed by atoms with E-state index >= 15 is 0 Å². The number of nitrogens with two attached hydrogens (primary N) is 1. The monoisotopic (exact) mass is 771 g/mol. The second kappa shape index (κ2) is 20.7. The van der Waals surface area contributed by atoms with Crippen LogP contribution in [0.1, 0.15) is 92.7 Å². The lowest BCUT2D eigenvalue weighted by molar-refractivity contribution is -0.142. The standard InChI is InChI=1S/C40H61N5O10/c1-38(2,3)53-24-32(45-33(47)29(41)22-25-13-17-27(46)18-14-25)35(49)43-30(12-10-11-21-42-37(52)55-40(7,8)9)34(48)44-31(36(50)51)23-26-15-19-28(20-16-26)54-39(4,5)6/h13-20,29-32,46H,10-12,21-24,41H2,1-9H3,(H,42,52)(H,43,49)(H,44,48)(H,45,47)(H,50,51)/t29-,30-,31-,32-/m0/s1. The predicted molar refractivity (Wildman–Crippen MR) is 208 cm³/mol. The largest absolute Gasteiger partial charge is 0.508 e. The number of alkyl carbamates (subject to hydrolysis) is 1. The maximum atomic E-state index is 13.8. The zero-order valence-corrected chi connectivity index (χ0v) is 33.6. The van der Waals surface area contributed by atoms with Gasteiger partial charge in [0, 0.05) is 13.0 Å². The van der Waals surface area contributed by atoms with E-state index in [-0.39, 0.29) is 38.2 Å². The first kappa shape index (κ1) is 46.3. The Morgan fingerprint density at radius 2 is 1.20 bits per heavy atom. The average Bonchev–Trinajstić information content (AvgIpc) is 3.05. The van der Waals surface area contributed by atoms with Crippen LogP contribution in [0.3, 0.4) is 0 Å². The van der Waals surface area contributed by atoms with Crippen LogP contribution in [0.5, 0.6) is 11.5 Å². The molecule has 0 aromatic heterocycles. The number of carbonyl (C=O) groups is 5. The molecule has 0 fully saturated rings. The van der Waals surface area contributed by atoms with Crippen molar-refractivity contribution in [2.45, 2.75) is 135 Å². The van der Waals surface area contributed by atoms with E-state index in [0.717, 1.165) is 0 Å². The van der Waals surface area contributed by atoms with Gasteiger partial charge in [-0.1, -0.05) is 24.3 Å². The zero-order chi connectivity index (χ0) is 41.6. The SMILES string of the molecule is CC(C)(C)OC[C@H](NC(=O)[C@@H](N)Cc1ccc(O)cc1)C(=O)N[C@@H](CCCCNC(=O)OC(C)(C)C)C(=O)N[C@@H](Cc1ccc(OC(C)(C)C)cc1)C(=O)O. The highest BCUT2D eigenvalue weighted by Crippen LogP contribution is 2.19. The molecule has 0 aliphatic rings. The second-order valence-electron chi connectivity index (χ2n) is 16.4. The van der Waals surface area contributed by atoms with Crippen LogP contribution in [-0.4, -0.2) is 94.1 Å². The van der Waals surface area contributed by atoms with Crippen molar-refractivity contribution >= 4 is 29.8 Å². The molecule has 306 valence electrons. The molecule has 4 amide bonds. The number of hydrogen-bond donors (Lipinski definition) is 7. The molecule has 0 unspecified atom stereocenters. The summed E-state index contributed by atoms with van der Waals surface area (Å²) < 4.78 is 17.0. The van der Waals surface area contributed by atoms with Crippen molar-refractivity contribution in [1.82, 2.24) is 21.3 Å². The molecule has 55 heavy (non-hydrogen) atoms. The molecule has 0 aliphatic carbocycles. The van der Waals surface area contributed by atoms with Gasteiger partial charge in [0.2, 0.25) is 17.7 Å². The molecular weight excluding hydrogens is 710 g/mol. The van der Waals surface area contributed by atoms with Crippen molar-refractivity contribution in [1.29, 1.82) is 0 Å². The van der Waals surface area contributed by atoms with Crippen LogP contribution in [0.2, 0.25) is 0 Å². The van der Waals surface area contributed by atoms with Crippen LogP contribution >= 0.6 is 0 Å². The highest BCUT2D eigenvalue weighted by Gasteiger charge is 2.31. The number of carboxylic acids is 1. The number of aliphatic carboxylic acids is 1. The number of aromatic hydroxyl groups is 1. The van der Waals surface area contributed by atoms with E-state index in [9.17, 15) is 34.2 Å². The Bertz CT molecular complexity index is 1560. The number of amides is 4. The maximum absolute atomic E-state index is 13.8. The maximum Gasteiger partial charge on any atom is 0.407 e. The normalized spacial score (nSPS) is 14.1. The predicted octanol–water partition coefficient (Wildman–Crippen LogP) is 3.73. The third-order valence-electron chi connectivity index (χ3n) is 7.67. The molecule has 0 saturated carbocycles. The van der Waals surface area contributed by atoms with Crippen LogP contribution in [0, 0.1) is 0 Å². The topological polar surface area (TPSA) is 228 Å². The van der Waals surface area contributed by atoms with Gasteiger partial charge in [0.25, 0.3) is 0 Å². The number of benzene rings is 2. The van der Waals surface area contributed by atoms with Crippen molar-refractivity contribution < 1.29 is 48.4 Å². The highest BCUT2D eigenvalue weighted by atomic mass is 16.6. The highest BCUT2D eigenvalue weighted by molar-refractivity contribution is 5.94. The quantitative estimate of drug-likeness (QED) is 0.102. The van der Waals surface area contributed by atoms with E-state index in [0.29, 0.717) is 29.7 Å². The van der Waals surface area contributed by atoms with E-state index in [4.69, 9.17) is 19.9 Å². The van der Waals surface area contributed by atoms with E-state index < -0.39 is 70.8 Å². The van der Waals surface area contributed by atoms with Crippen LogP contribution < -0.4 is 31.7 Å². The van der Waals surface area contributed by atoms with Gasteiger partial charge < -0.3 is 51.4 Å². The molecule has 0 heterocycles. The molecular formula is C40H61N5O10. The minimum Gasteiger partial charge on any atom is -0.508 e. The first-order valence-corrected chi connectivity index (χ1v) is 18.5. The molecule has 15 heteroatoms. The first-order chi connectivity index (χ1) is 25.4. The number of unbranched alkanes of at least 4 members (excludes halogenated alkanes) is 1. The zero-order valence-electron chi connectivity index (χ0n) is 33.6. The van der Waals surface area contributed by atoms with Gasteiger partial charge in [0.05, 0.1) is 18.2 Å². The first-order valence-electron chi connectivity index (χ1n) is 18.5. The van der Waals surface area contributed by atoms with Crippen LogP contribution in [0.4, 0.5) is 4.79 Å². The lowest BCUT2D eigenvalue weighted by Crippen LogP contribution is -2.58. The Labute approximate surface area is 324 Å². The van der Waals surface area contributed by atoms with E-state index in [1.807, 2.05) is 20.8 Å². The fraction of sp³-hybridized carbons (Fsp3) is 0.575. The van der Waals surface area contributed by atoms with Gasteiger partial charge in [-0.05, 0) is 123 Å². The minimum absolute atomic E-state index is 0.0473. The Hall–Kier alpha value is -4.89. The average molecular weight is 772 g/mol. The third-order valence-corrected chi connectivity index (χ3v) is 7.67. The number of rotatable bonds is 19. The fourth-order valence-corrected chi connectivity index (χ4v) is 5.05. The van der Waals surface area contributed by atoms with Crippen LogP contribution in [0.15, 0.2) is 48.5 Å². The third kappa shape index (κ3) is 19.3. The molecule has 0 aliphatic heterocycles. The van der Waals surface area contributed by atoms with E-state index in [2.05, 4.69) is 21.3 Å². The summed E-state index contributed by atoms with van der Waals surface area (Å²) >= 11 is 0. The summed E-state index contributed by atoms with van der Waals surface area (Å²) in [5, 5.41) is 30.2. The number of carboxylic acid groups (broad SMARTS) is 1. The van der Waals surface area contributed by atoms with Gasteiger partial charge in [0.1, 0.15) is 40.8 Å². The van der Waals surface area contributed by atoms with Crippen molar-refractivity contribution in [3.05, 3.63) is 59.7 Å². The molecule has 0 radical (unpaired) electrons. The van der Waals surface area contributed by atoms with Gasteiger partial charge in [-0.25, -0.2) is 9.59 Å². The Morgan fingerprint density at radius 1 is 0.673 bits per heavy atom. The van der Waals surface area contributed by atoms with Crippen LogP contribution in [-0.2, 0) is 41.5 Å². The molecule has 0 spiro atoms. The number of hydrogen-bond acceptors (Lipinski definition) is 10. The fourth-order valence-electron chi connectivity index (χ4n) is 5.05. The molecule has 2 aromatic rings. The van der Waals surface area contributed by atoms with Gasteiger partial charge in [-0.2, -0.15) is 0 Å². The summed E-state index contributed by atoms with van der Waals surface area (Å²) in [6.45, 7) is 16.2. The molecule has 15 nitrogen and oxygen atoms in total. The Balaban J connectivity index is 2.25. The molecule has 0 saturated heterocycles. The van der Waals surface area contributed by atoms with Crippen LogP contribution in [0.25, 0.3) is 0 Å². The molecule has 4 atom stereocenters. The summed E-state index contributed by atoms with van der Waals surface area (Å²) in [5.74, 6) is -2.76. The van der Waals surface area contributed by atoms with Gasteiger partial charge in [-0.3, -0.25) is 14.4 Å². The molecule has 0 bridgehead atoms. The van der Waals surface area contributed by atoms with E-state index in [1.54, 1.807) is 77.9 Å². The molecule has 2 rings (SSSR count). The lowest BCUT2D eigenvalue weighted by atomic mass is 10.0. The summed E-state index contributed by atoms with van der Waals surface area (Å²) in [4.78, 5) is 65.3. The Kier molecular flexibility index (Phi) is 17.4. The number of carbonyl (C=O) groups excluding carboxylic acids is 4. The Morgan fingerprint density at radius 3 is 1.75 bits per heavy atom. The van der Waals surface area contributed by atoms with Gasteiger partial charge in [-0.15, -0.1) is 0 Å². The second-order valence-corrected chi connectivity index (χ2v) is 16.4. The lowest BCUT2D eigenvalue weighted by Gasteiger charge is -2.28. The van der Waals surface area contributed by atoms with Crippen molar-refractivity contribution in [3.63, 3.8) is 0 Å². The van der Waals surface area contributed by atoms with Crippen molar-refractivity contribution in [2.24, 2.45) is 5.73 Å². The van der Waals surface area contributed by atoms with E-state index in [1.165, 1.54) is 12.1 Å². The number of phenols is 1. The number of ether oxygens (including phenoxy) is 3. The smallest absolute Gasteiger partial charge is 0.407 e. The number of nitrogens with one attached hydrogen (secondary N) is 4. The van der Waals surface area contributed by atoms with Gasteiger partial charge >= 0.3 is 12.1 Å². The minimum atomic E-state index is -1.34. The molecule has 2 aromatic carbocycles. The number of phenolic OH excluding ortho intramolecular Hbond substituents is 1. The van der Waals surface area contributed by atoms with Crippen molar-refractivity contribution in [2.75, 3.05) is 13.2 Å². The van der Waals surface area contributed by atoms with Crippen molar-refractivity contribution in [3.8, 4) is 11.5 Å². The summed E-state index contributed by atoms with van der Waals surface area (Å²) in [6.07, 6.45) is 0.288. The summed E-state index contributed by atoms with van der Waals surface area (Å²) in [7, 11) is 0. The molecule has 8 N–H and O–H groups in total.